The lowest BCUT2D eigenvalue weighted by Crippen LogP contribution is -2.17. The van der Waals surface area contributed by atoms with Gasteiger partial charge in [-0.05, 0) is 24.6 Å². The van der Waals surface area contributed by atoms with Crippen LogP contribution in [0.1, 0.15) is 22.7 Å². The third-order valence-electron chi connectivity index (χ3n) is 4.10. The molecule has 0 spiro atoms. The Morgan fingerprint density at radius 1 is 1.00 bits per heavy atom. The number of ether oxygens (including phenoxy) is 4. The molecule has 1 aromatic carbocycles. The summed E-state index contributed by atoms with van der Waals surface area (Å²) in [6.07, 6.45) is 0. The molecule has 0 aliphatic heterocycles. The summed E-state index contributed by atoms with van der Waals surface area (Å²) in [5.74, 6) is 1.04. The molecular weight excluding hydrogens is 340 g/mol. The maximum atomic E-state index is 11.3. The molecule has 0 saturated carbocycles. The lowest BCUT2D eigenvalue weighted by atomic mass is 9.89. The van der Waals surface area contributed by atoms with Crippen molar-refractivity contribution in [3.8, 4) is 23.1 Å². The van der Waals surface area contributed by atoms with E-state index in [2.05, 4.69) is 4.98 Å². The summed E-state index contributed by atoms with van der Waals surface area (Å²) in [7, 11) is 5.99. The number of aromatic nitrogens is 1. The third kappa shape index (κ3) is 3.79. The van der Waals surface area contributed by atoms with Gasteiger partial charge in [0.15, 0.2) is 5.75 Å². The van der Waals surface area contributed by atoms with Crippen molar-refractivity contribution < 1.29 is 23.9 Å². The predicted octanol–water partition coefficient (Wildman–Crippen LogP) is 2.83. The van der Waals surface area contributed by atoms with Crippen LogP contribution < -0.4 is 18.9 Å². The van der Waals surface area contributed by atoms with Crippen LogP contribution >= 0.6 is 0 Å². The van der Waals surface area contributed by atoms with Crippen LogP contribution in [0.4, 0.5) is 0 Å². The molecule has 140 valence electrons. The standard InChI is InChI=1S/C18H22N2O6/c1-11-15(16(24-3)17(25-4)18(19-11)26-5)14(10-20(21)22)12-6-8-13(23-2)9-7-12/h6-9,14H,10H2,1-5H3. The van der Waals surface area contributed by atoms with E-state index in [1.165, 1.54) is 21.3 Å². The zero-order chi connectivity index (χ0) is 19.3. The van der Waals surface area contributed by atoms with Gasteiger partial charge in [0.1, 0.15) is 5.75 Å². The number of rotatable bonds is 8. The lowest BCUT2D eigenvalue weighted by molar-refractivity contribution is -0.481. The second-order valence-corrected chi connectivity index (χ2v) is 5.53. The summed E-state index contributed by atoms with van der Waals surface area (Å²) in [5, 5.41) is 11.3. The van der Waals surface area contributed by atoms with E-state index < -0.39 is 5.92 Å². The normalized spacial score (nSPS) is 11.6. The van der Waals surface area contributed by atoms with Gasteiger partial charge in [0, 0.05) is 16.2 Å². The van der Waals surface area contributed by atoms with Gasteiger partial charge in [0.2, 0.25) is 12.3 Å². The molecule has 0 radical (unpaired) electrons. The molecule has 0 saturated heterocycles. The van der Waals surface area contributed by atoms with E-state index in [4.69, 9.17) is 18.9 Å². The van der Waals surface area contributed by atoms with Crippen molar-refractivity contribution >= 4 is 0 Å². The Labute approximate surface area is 151 Å². The summed E-state index contributed by atoms with van der Waals surface area (Å²) in [5.41, 5.74) is 1.91. The molecule has 2 rings (SSSR count). The summed E-state index contributed by atoms with van der Waals surface area (Å²) in [6, 6.07) is 7.11. The Hall–Kier alpha value is -3.03. The van der Waals surface area contributed by atoms with E-state index in [0.717, 1.165) is 5.56 Å². The van der Waals surface area contributed by atoms with Gasteiger partial charge < -0.3 is 18.9 Å². The van der Waals surface area contributed by atoms with E-state index in [0.29, 0.717) is 28.5 Å². The number of pyridine rings is 1. The van der Waals surface area contributed by atoms with Crippen LogP contribution in [0.5, 0.6) is 23.1 Å². The second kappa shape index (κ2) is 8.37. The third-order valence-corrected chi connectivity index (χ3v) is 4.10. The molecule has 0 aliphatic rings. The van der Waals surface area contributed by atoms with Gasteiger partial charge in [-0.25, -0.2) is 4.98 Å². The maximum Gasteiger partial charge on any atom is 0.261 e. The number of methoxy groups -OCH3 is 4. The van der Waals surface area contributed by atoms with E-state index in [1.54, 1.807) is 38.3 Å². The molecule has 0 fully saturated rings. The van der Waals surface area contributed by atoms with Crippen molar-refractivity contribution in [2.75, 3.05) is 35.0 Å². The first-order chi connectivity index (χ1) is 12.5. The number of benzene rings is 1. The van der Waals surface area contributed by atoms with Gasteiger partial charge in [-0.15, -0.1) is 0 Å². The van der Waals surface area contributed by atoms with Crippen LogP contribution in [-0.4, -0.2) is 44.9 Å². The number of nitrogens with zero attached hydrogens (tertiary/aromatic N) is 2. The van der Waals surface area contributed by atoms with E-state index >= 15 is 0 Å². The van der Waals surface area contributed by atoms with Gasteiger partial charge in [0.25, 0.3) is 5.88 Å². The Balaban J connectivity index is 2.69. The number of aryl methyl sites for hydroxylation is 1. The molecule has 0 aliphatic carbocycles. The molecule has 8 nitrogen and oxygen atoms in total. The summed E-state index contributed by atoms with van der Waals surface area (Å²) in [6.45, 7) is 1.44. The molecule has 26 heavy (non-hydrogen) atoms. The van der Waals surface area contributed by atoms with Crippen LogP contribution in [0.25, 0.3) is 0 Å². The second-order valence-electron chi connectivity index (χ2n) is 5.53. The van der Waals surface area contributed by atoms with Crippen molar-refractivity contribution in [1.29, 1.82) is 0 Å². The molecular formula is C18H22N2O6. The molecule has 0 bridgehead atoms. The van der Waals surface area contributed by atoms with Crippen molar-refractivity contribution in [2.24, 2.45) is 0 Å². The Kier molecular flexibility index (Phi) is 6.21. The molecule has 1 heterocycles. The Morgan fingerprint density at radius 3 is 2.08 bits per heavy atom. The van der Waals surface area contributed by atoms with Crippen molar-refractivity contribution in [3.05, 3.63) is 51.2 Å². The SMILES string of the molecule is COc1ccc(C(C[N+](=O)[O-])c2c(C)nc(OC)c(OC)c2OC)cc1. The molecule has 1 unspecified atom stereocenters. The van der Waals surface area contributed by atoms with E-state index in [-0.39, 0.29) is 17.3 Å². The number of hydrogen-bond acceptors (Lipinski definition) is 7. The van der Waals surface area contributed by atoms with Crippen LogP contribution in [-0.2, 0) is 0 Å². The van der Waals surface area contributed by atoms with Crippen LogP contribution in [0.3, 0.4) is 0 Å². The summed E-state index contributed by atoms with van der Waals surface area (Å²) in [4.78, 5) is 15.4. The highest BCUT2D eigenvalue weighted by Crippen LogP contribution is 2.44. The quantitative estimate of drug-likeness (QED) is 0.526. The van der Waals surface area contributed by atoms with Crippen LogP contribution in [0.2, 0.25) is 0 Å². The monoisotopic (exact) mass is 362 g/mol. The zero-order valence-corrected chi connectivity index (χ0v) is 15.4. The molecule has 1 aromatic heterocycles. The lowest BCUT2D eigenvalue weighted by Gasteiger charge is -2.22. The Bertz CT molecular complexity index is 776. The van der Waals surface area contributed by atoms with Gasteiger partial charge in [0.05, 0.1) is 34.4 Å². The Morgan fingerprint density at radius 2 is 1.62 bits per heavy atom. The smallest absolute Gasteiger partial charge is 0.261 e. The first-order valence-corrected chi connectivity index (χ1v) is 7.89. The van der Waals surface area contributed by atoms with Crippen molar-refractivity contribution in [2.45, 2.75) is 12.8 Å². The highest BCUT2D eigenvalue weighted by molar-refractivity contribution is 5.57. The average Bonchev–Trinajstić information content (AvgIpc) is 2.65. The highest BCUT2D eigenvalue weighted by atomic mass is 16.6. The minimum atomic E-state index is -0.571. The molecule has 2 aromatic rings. The molecule has 8 heteroatoms. The van der Waals surface area contributed by atoms with Gasteiger partial charge in [-0.3, -0.25) is 10.1 Å². The zero-order valence-electron chi connectivity index (χ0n) is 15.4. The first-order valence-electron chi connectivity index (χ1n) is 7.89. The van der Waals surface area contributed by atoms with Gasteiger partial charge in [-0.2, -0.15) is 0 Å². The average molecular weight is 362 g/mol. The van der Waals surface area contributed by atoms with Crippen molar-refractivity contribution in [1.82, 2.24) is 4.98 Å². The van der Waals surface area contributed by atoms with Crippen LogP contribution in [0, 0.1) is 17.0 Å². The fourth-order valence-corrected chi connectivity index (χ4v) is 2.93. The minimum absolute atomic E-state index is 0.264. The highest BCUT2D eigenvalue weighted by Gasteiger charge is 2.30. The maximum absolute atomic E-state index is 11.3. The molecule has 0 N–H and O–H groups in total. The summed E-state index contributed by atoms with van der Waals surface area (Å²) >= 11 is 0. The summed E-state index contributed by atoms with van der Waals surface area (Å²) < 4.78 is 21.3. The minimum Gasteiger partial charge on any atom is -0.497 e. The van der Waals surface area contributed by atoms with Gasteiger partial charge in [-0.1, -0.05) is 12.1 Å². The fraction of sp³-hybridized carbons (Fsp3) is 0.389. The fourth-order valence-electron chi connectivity index (χ4n) is 2.93. The van der Waals surface area contributed by atoms with Crippen molar-refractivity contribution in [3.63, 3.8) is 0 Å². The predicted molar refractivity (Wildman–Crippen MR) is 95.3 cm³/mol. The van der Waals surface area contributed by atoms with E-state index in [1.807, 2.05) is 0 Å². The van der Waals surface area contributed by atoms with E-state index in [9.17, 15) is 10.1 Å². The topological polar surface area (TPSA) is 93.0 Å². The van der Waals surface area contributed by atoms with Crippen LogP contribution in [0.15, 0.2) is 24.3 Å². The molecule has 1 atom stereocenters. The number of nitro groups is 1. The van der Waals surface area contributed by atoms with Gasteiger partial charge >= 0.3 is 0 Å². The molecule has 0 amide bonds. The number of hydrogen-bond donors (Lipinski definition) is 0. The first kappa shape index (κ1) is 19.3. The largest absolute Gasteiger partial charge is 0.497 e.